The van der Waals surface area contributed by atoms with E-state index in [0.29, 0.717) is 30.1 Å². The van der Waals surface area contributed by atoms with Crippen LogP contribution in [0, 0.1) is 23.2 Å². The largest absolute Gasteiger partial charge is 0.299 e. The van der Waals surface area contributed by atoms with Crippen molar-refractivity contribution in [3.63, 3.8) is 0 Å². The molecule has 2 unspecified atom stereocenters. The minimum atomic E-state index is 0.291. The Hall–Kier alpha value is -2.14. The number of rotatable bonds is 10. The molecule has 0 saturated heterocycles. The van der Waals surface area contributed by atoms with Crippen LogP contribution in [0.15, 0.2) is 49.1 Å². The molecule has 120 valence electrons. The molecular weight excluding hydrogens is 282 g/mol. The highest BCUT2D eigenvalue weighted by molar-refractivity contribution is 5.80. The van der Waals surface area contributed by atoms with Crippen molar-refractivity contribution in [1.29, 1.82) is 5.26 Å². The second kappa shape index (κ2) is 8.48. The number of nitrogens with zero attached hydrogens (tertiary/aromatic N) is 1. The maximum Gasteiger partial charge on any atom is 0.137 e. The Morgan fingerprint density at radius 3 is 2.65 bits per heavy atom. The lowest BCUT2D eigenvalue weighted by molar-refractivity contribution is -0.118. The van der Waals surface area contributed by atoms with Crippen LogP contribution in [0.4, 0.5) is 0 Å². The van der Waals surface area contributed by atoms with Gasteiger partial charge >= 0.3 is 0 Å². The fourth-order valence-corrected chi connectivity index (χ4v) is 3.09. The second-order valence-corrected chi connectivity index (χ2v) is 6.50. The monoisotopic (exact) mass is 307 g/mol. The third-order valence-corrected chi connectivity index (χ3v) is 4.68. The van der Waals surface area contributed by atoms with Gasteiger partial charge in [0.1, 0.15) is 5.78 Å². The zero-order chi connectivity index (χ0) is 16.7. The number of ketones is 1. The van der Waals surface area contributed by atoms with Gasteiger partial charge in [0.15, 0.2) is 0 Å². The van der Waals surface area contributed by atoms with E-state index in [2.05, 4.69) is 19.2 Å². The maximum absolute atomic E-state index is 12.0. The average molecular weight is 307 g/mol. The van der Waals surface area contributed by atoms with Crippen LogP contribution in [-0.2, 0) is 11.2 Å². The van der Waals surface area contributed by atoms with Crippen molar-refractivity contribution in [3.05, 3.63) is 60.2 Å². The van der Waals surface area contributed by atoms with E-state index in [1.165, 1.54) is 24.8 Å². The van der Waals surface area contributed by atoms with Crippen molar-refractivity contribution >= 4 is 5.78 Å². The lowest BCUT2D eigenvalue weighted by atomic mass is 10.0. The lowest BCUT2D eigenvalue weighted by Gasteiger charge is -2.03. The summed E-state index contributed by atoms with van der Waals surface area (Å²) in [5, 5.41) is 8.75. The highest BCUT2D eigenvalue weighted by Gasteiger charge is 2.36. The summed E-state index contributed by atoms with van der Waals surface area (Å²) < 4.78 is 0. The predicted molar refractivity (Wildman–Crippen MR) is 93.9 cm³/mol. The molecule has 0 aliphatic heterocycles. The van der Waals surface area contributed by atoms with Gasteiger partial charge in [0, 0.05) is 12.8 Å². The molecule has 2 heteroatoms. The molecule has 0 radical (unpaired) electrons. The van der Waals surface area contributed by atoms with Gasteiger partial charge in [-0.25, -0.2) is 0 Å². The summed E-state index contributed by atoms with van der Waals surface area (Å²) in [6.45, 7) is 7.80. The Morgan fingerprint density at radius 2 is 2.00 bits per heavy atom. The fourth-order valence-electron chi connectivity index (χ4n) is 3.09. The zero-order valence-electron chi connectivity index (χ0n) is 13.8. The van der Waals surface area contributed by atoms with E-state index in [-0.39, 0.29) is 0 Å². The van der Waals surface area contributed by atoms with Crippen molar-refractivity contribution in [2.24, 2.45) is 11.8 Å². The number of hydrogen-bond acceptors (Lipinski definition) is 2. The normalized spacial score (nSPS) is 18.9. The summed E-state index contributed by atoms with van der Waals surface area (Å²) in [6.07, 6.45) is 8.85. The number of benzene rings is 1. The Bertz CT molecular complexity index is 606. The van der Waals surface area contributed by atoms with Crippen LogP contribution in [0.3, 0.4) is 0 Å². The van der Waals surface area contributed by atoms with E-state index in [4.69, 9.17) is 5.26 Å². The molecule has 2 atom stereocenters. The van der Waals surface area contributed by atoms with Gasteiger partial charge in [0.2, 0.25) is 0 Å². The number of carbonyl (C=O) groups is 1. The number of Topliss-reactive ketones (excluding diaryl/α,β-unsaturated/α-hetero) is 1. The van der Waals surface area contributed by atoms with Gasteiger partial charge in [-0.2, -0.15) is 5.26 Å². The quantitative estimate of drug-likeness (QED) is 0.451. The summed E-state index contributed by atoms with van der Waals surface area (Å²) >= 11 is 0. The molecule has 1 aromatic carbocycles. The van der Waals surface area contributed by atoms with Gasteiger partial charge in [0.05, 0.1) is 11.6 Å². The molecule has 1 saturated carbocycles. The van der Waals surface area contributed by atoms with E-state index in [0.717, 1.165) is 24.3 Å². The van der Waals surface area contributed by atoms with Crippen LogP contribution in [0.2, 0.25) is 0 Å². The number of carbonyl (C=O) groups excluding carboxylic acids is 1. The third kappa shape index (κ3) is 5.53. The lowest BCUT2D eigenvalue weighted by Crippen LogP contribution is -2.02. The van der Waals surface area contributed by atoms with Crippen molar-refractivity contribution < 1.29 is 4.79 Å². The Morgan fingerprint density at radius 1 is 1.26 bits per heavy atom. The summed E-state index contributed by atoms with van der Waals surface area (Å²) in [5.74, 6) is 1.76. The molecule has 23 heavy (non-hydrogen) atoms. The molecule has 0 N–H and O–H groups in total. The minimum absolute atomic E-state index is 0.291. The van der Waals surface area contributed by atoms with Gasteiger partial charge in [-0.3, -0.25) is 4.79 Å². The molecule has 1 fully saturated rings. The summed E-state index contributed by atoms with van der Waals surface area (Å²) in [5.41, 5.74) is 2.82. The van der Waals surface area contributed by atoms with E-state index in [1.807, 2.05) is 18.2 Å². The topological polar surface area (TPSA) is 40.9 Å². The molecule has 2 rings (SSSR count). The molecular formula is C21H25NO. The van der Waals surface area contributed by atoms with E-state index < -0.39 is 0 Å². The number of nitriles is 1. The zero-order valence-corrected chi connectivity index (χ0v) is 13.8. The second-order valence-electron chi connectivity index (χ2n) is 6.50. The van der Waals surface area contributed by atoms with E-state index in [9.17, 15) is 4.79 Å². The predicted octanol–water partition coefficient (Wildman–Crippen LogP) is 5.00. The van der Waals surface area contributed by atoms with Crippen LogP contribution in [0.5, 0.6) is 0 Å². The number of allylic oxidation sites excluding steroid dienone is 2. The third-order valence-electron chi connectivity index (χ3n) is 4.68. The minimum Gasteiger partial charge on any atom is -0.299 e. The SMILES string of the molecule is C=CC(=C)C1CC1CCCCCC(=O)Cc1ccc(C#N)cc1. The van der Waals surface area contributed by atoms with Crippen LogP contribution in [0.25, 0.3) is 0 Å². The maximum atomic E-state index is 12.0. The molecule has 0 heterocycles. The van der Waals surface area contributed by atoms with Crippen molar-refractivity contribution in [2.75, 3.05) is 0 Å². The van der Waals surface area contributed by atoms with Gasteiger partial charge in [-0.15, -0.1) is 0 Å². The fraction of sp³-hybridized carbons (Fsp3) is 0.429. The molecule has 0 bridgehead atoms. The molecule has 2 nitrogen and oxygen atoms in total. The smallest absolute Gasteiger partial charge is 0.137 e. The average Bonchev–Trinajstić information content (AvgIpc) is 3.34. The van der Waals surface area contributed by atoms with Gasteiger partial charge < -0.3 is 0 Å². The molecule has 1 aliphatic carbocycles. The highest BCUT2D eigenvalue weighted by Crippen LogP contribution is 2.47. The summed E-state index contributed by atoms with van der Waals surface area (Å²) in [4.78, 5) is 12.0. The van der Waals surface area contributed by atoms with Crippen molar-refractivity contribution in [3.8, 4) is 6.07 Å². The van der Waals surface area contributed by atoms with Crippen LogP contribution in [0.1, 0.15) is 49.7 Å². The van der Waals surface area contributed by atoms with E-state index >= 15 is 0 Å². The molecule has 1 aromatic rings. The van der Waals surface area contributed by atoms with E-state index in [1.54, 1.807) is 12.1 Å². The van der Waals surface area contributed by atoms with Gasteiger partial charge in [0.25, 0.3) is 0 Å². The summed E-state index contributed by atoms with van der Waals surface area (Å²) in [7, 11) is 0. The Balaban J connectivity index is 1.56. The van der Waals surface area contributed by atoms with Crippen LogP contribution >= 0.6 is 0 Å². The van der Waals surface area contributed by atoms with Crippen molar-refractivity contribution in [2.45, 2.75) is 44.9 Å². The molecule has 0 amide bonds. The first-order valence-corrected chi connectivity index (χ1v) is 8.46. The molecule has 1 aliphatic rings. The molecule has 0 spiro atoms. The first-order valence-electron chi connectivity index (χ1n) is 8.46. The first kappa shape index (κ1) is 17.2. The highest BCUT2D eigenvalue weighted by atomic mass is 16.1. The Kier molecular flexibility index (Phi) is 6.35. The van der Waals surface area contributed by atoms with Crippen molar-refractivity contribution in [1.82, 2.24) is 0 Å². The Labute approximate surface area is 139 Å². The standard InChI is InChI=1S/C21H25NO/c1-3-16(2)21-14-19(21)7-5-4-6-8-20(23)13-17-9-11-18(15-22)12-10-17/h3,9-12,19,21H,1-2,4-8,13-14H2. The number of unbranched alkanes of at least 4 members (excludes halogenated alkanes) is 2. The van der Waals surface area contributed by atoms with Crippen LogP contribution < -0.4 is 0 Å². The van der Waals surface area contributed by atoms with Gasteiger partial charge in [-0.05, 0) is 48.8 Å². The summed E-state index contributed by atoms with van der Waals surface area (Å²) in [6, 6.07) is 9.37. The first-order chi connectivity index (χ1) is 11.1. The molecule has 0 aromatic heterocycles. The van der Waals surface area contributed by atoms with Crippen LogP contribution in [-0.4, -0.2) is 5.78 Å². The van der Waals surface area contributed by atoms with Gasteiger partial charge in [-0.1, -0.05) is 49.8 Å². The number of hydrogen-bond donors (Lipinski definition) is 0.